The van der Waals surface area contributed by atoms with Crippen molar-refractivity contribution in [2.45, 2.75) is 0 Å². The molecule has 1 aromatic carbocycles. The number of halogens is 1. The number of pyridine rings is 2. The number of rotatable bonds is 6. The maximum atomic E-state index is 12.9. The second-order valence-electron chi connectivity index (χ2n) is 4.93. The van der Waals surface area contributed by atoms with Crippen LogP contribution in [-0.2, 0) is 0 Å². The lowest BCUT2D eigenvalue weighted by Crippen LogP contribution is -2.17. The van der Waals surface area contributed by atoms with Gasteiger partial charge in [0.15, 0.2) is 0 Å². The number of hydrogen-bond acceptors (Lipinski definition) is 4. The van der Waals surface area contributed by atoms with E-state index in [0.717, 1.165) is 0 Å². The maximum absolute atomic E-state index is 12.9. The topological polar surface area (TPSA) is 53.4 Å². The Labute approximate surface area is 137 Å². The van der Waals surface area contributed by atoms with Crippen molar-refractivity contribution < 1.29 is 13.9 Å². The number of nitrogens with zero attached hydrogens (tertiary/aromatic N) is 2. The normalized spacial score (nSPS) is 10.4. The average Bonchev–Trinajstić information content (AvgIpc) is 2.61. The number of aromatic nitrogens is 2. The minimum atomic E-state index is -0.347. The Kier molecular flexibility index (Phi) is 4.86. The van der Waals surface area contributed by atoms with Gasteiger partial charge in [0.2, 0.25) is 0 Å². The van der Waals surface area contributed by atoms with E-state index in [4.69, 9.17) is 9.47 Å². The summed E-state index contributed by atoms with van der Waals surface area (Å²) in [5.41, 5.74) is 0.333. The first kappa shape index (κ1) is 15.7. The van der Waals surface area contributed by atoms with E-state index in [1.54, 1.807) is 48.9 Å². The molecule has 0 aliphatic rings. The van der Waals surface area contributed by atoms with Gasteiger partial charge < -0.3 is 9.47 Å². The predicted octanol–water partition coefficient (Wildman–Crippen LogP) is 2.83. The fourth-order valence-corrected chi connectivity index (χ4v) is 2.12. The van der Waals surface area contributed by atoms with Gasteiger partial charge in [-0.2, -0.15) is 0 Å². The summed E-state index contributed by atoms with van der Waals surface area (Å²) in [5.74, 6) is 0.765. The third kappa shape index (κ3) is 3.98. The van der Waals surface area contributed by atoms with E-state index in [2.05, 4.69) is 4.98 Å². The lowest BCUT2D eigenvalue weighted by molar-refractivity contribution is 0.216. The molecule has 24 heavy (non-hydrogen) atoms. The Morgan fingerprint density at radius 1 is 1.00 bits per heavy atom. The summed E-state index contributed by atoms with van der Waals surface area (Å²) in [7, 11) is 0. The highest BCUT2D eigenvalue weighted by Gasteiger charge is 2.03. The standard InChI is InChI=1S/C18H15FN2O3/c19-14-3-5-15(6-4-14)21-9-7-16(12-18(21)22)23-10-11-24-17-2-1-8-20-13-17/h1-9,12-13H,10-11H2. The summed E-state index contributed by atoms with van der Waals surface area (Å²) in [6, 6.07) is 12.3. The van der Waals surface area contributed by atoms with Crippen molar-refractivity contribution in [3.05, 3.63) is 83.3 Å². The maximum Gasteiger partial charge on any atom is 0.258 e. The SMILES string of the molecule is O=c1cc(OCCOc2cccnc2)ccn1-c1ccc(F)cc1. The van der Waals surface area contributed by atoms with E-state index in [1.807, 2.05) is 0 Å². The number of ether oxygens (including phenoxy) is 2. The zero-order valence-electron chi connectivity index (χ0n) is 12.8. The van der Waals surface area contributed by atoms with Crippen LogP contribution in [0.4, 0.5) is 4.39 Å². The molecule has 5 nitrogen and oxygen atoms in total. The molecule has 0 N–H and O–H groups in total. The van der Waals surface area contributed by atoms with Crippen LogP contribution in [0.25, 0.3) is 5.69 Å². The molecule has 0 bridgehead atoms. The van der Waals surface area contributed by atoms with Crippen LogP contribution in [0.1, 0.15) is 0 Å². The Morgan fingerprint density at radius 3 is 2.42 bits per heavy atom. The molecular weight excluding hydrogens is 311 g/mol. The summed E-state index contributed by atoms with van der Waals surface area (Å²) >= 11 is 0. The summed E-state index contributed by atoms with van der Waals surface area (Å²) in [6.07, 6.45) is 4.87. The van der Waals surface area contributed by atoms with Gasteiger partial charge >= 0.3 is 0 Å². The molecule has 0 unspecified atom stereocenters. The molecule has 0 saturated carbocycles. The predicted molar refractivity (Wildman–Crippen MR) is 87.2 cm³/mol. The molecule has 0 fully saturated rings. The van der Waals surface area contributed by atoms with Crippen molar-refractivity contribution in [3.8, 4) is 17.2 Å². The van der Waals surface area contributed by atoms with E-state index in [1.165, 1.54) is 22.8 Å². The quantitative estimate of drug-likeness (QED) is 0.654. The second-order valence-corrected chi connectivity index (χ2v) is 4.93. The molecule has 2 aromatic heterocycles. The molecule has 0 atom stereocenters. The van der Waals surface area contributed by atoms with Crippen molar-refractivity contribution in [1.82, 2.24) is 9.55 Å². The van der Waals surface area contributed by atoms with Crippen molar-refractivity contribution in [1.29, 1.82) is 0 Å². The fourth-order valence-electron chi connectivity index (χ4n) is 2.12. The highest BCUT2D eigenvalue weighted by Crippen LogP contribution is 2.11. The second kappa shape index (κ2) is 7.41. The van der Waals surface area contributed by atoms with Gasteiger partial charge in [-0.25, -0.2) is 4.39 Å². The van der Waals surface area contributed by atoms with Crippen LogP contribution in [0.2, 0.25) is 0 Å². The third-order valence-electron chi connectivity index (χ3n) is 3.25. The van der Waals surface area contributed by atoms with Gasteiger partial charge in [0.05, 0.1) is 6.20 Å². The van der Waals surface area contributed by atoms with Crippen LogP contribution in [0.3, 0.4) is 0 Å². The van der Waals surface area contributed by atoms with Gasteiger partial charge in [-0.3, -0.25) is 14.3 Å². The lowest BCUT2D eigenvalue weighted by atomic mass is 10.3. The van der Waals surface area contributed by atoms with E-state index in [9.17, 15) is 9.18 Å². The summed E-state index contributed by atoms with van der Waals surface area (Å²) in [6.45, 7) is 0.641. The van der Waals surface area contributed by atoms with Gasteiger partial charge in [0.25, 0.3) is 5.56 Å². The van der Waals surface area contributed by atoms with Gasteiger partial charge in [-0.1, -0.05) is 0 Å². The zero-order chi connectivity index (χ0) is 16.8. The highest BCUT2D eigenvalue weighted by atomic mass is 19.1. The molecule has 0 aliphatic carbocycles. The molecule has 0 radical (unpaired) electrons. The number of benzene rings is 1. The molecular formula is C18H15FN2O3. The third-order valence-corrected chi connectivity index (χ3v) is 3.25. The first-order valence-corrected chi connectivity index (χ1v) is 7.37. The molecule has 122 valence electrons. The van der Waals surface area contributed by atoms with Gasteiger partial charge in [-0.05, 0) is 42.5 Å². The molecule has 0 aliphatic heterocycles. The van der Waals surface area contributed by atoms with Crippen molar-refractivity contribution in [3.63, 3.8) is 0 Å². The van der Waals surface area contributed by atoms with Crippen molar-refractivity contribution in [2.75, 3.05) is 13.2 Å². The molecule has 0 spiro atoms. The zero-order valence-corrected chi connectivity index (χ0v) is 12.8. The van der Waals surface area contributed by atoms with Crippen molar-refractivity contribution >= 4 is 0 Å². The molecule has 2 heterocycles. The molecule has 3 aromatic rings. The molecule has 0 amide bonds. The Hall–Kier alpha value is -3.15. The van der Waals surface area contributed by atoms with Crippen LogP contribution >= 0.6 is 0 Å². The average molecular weight is 326 g/mol. The number of hydrogen-bond donors (Lipinski definition) is 0. The Balaban J connectivity index is 1.58. The first-order chi connectivity index (χ1) is 11.7. The van der Waals surface area contributed by atoms with E-state index >= 15 is 0 Å². The van der Waals surface area contributed by atoms with Crippen molar-refractivity contribution in [2.24, 2.45) is 0 Å². The van der Waals surface area contributed by atoms with E-state index < -0.39 is 0 Å². The van der Waals surface area contributed by atoms with Gasteiger partial charge in [0, 0.05) is 24.1 Å². The van der Waals surface area contributed by atoms with E-state index in [-0.39, 0.29) is 11.4 Å². The van der Waals surface area contributed by atoms with Crippen LogP contribution in [0.5, 0.6) is 11.5 Å². The van der Waals surface area contributed by atoms with Crippen LogP contribution in [0.15, 0.2) is 71.9 Å². The molecule has 6 heteroatoms. The van der Waals surface area contributed by atoms with Crippen LogP contribution in [-0.4, -0.2) is 22.8 Å². The van der Waals surface area contributed by atoms with Gasteiger partial charge in [0.1, 0.15) is 30.5 Å². The van der Waals surface area contributed by atoms with Crippen LogP contribution < -0.4 is 15.0 Å². The van der Waals surface area contributed by atoms with E-state index in [0.29, 0.717) is 30.4 Å². The minimum absolute atomic E-state index is 0.257. The first-order valence-electron chi connectivity index (χ1n) is 7.37. The highest BCUT2D eigenvalue weighted by molar-refractivity contribution is 5.34. The minimum Gasteiger partial charge on any atom is -0.490 e. The Bertz CT molecular complexity index is 848. The monoisotopic (exact) mass is 326 g/mol. The summed E-state index contributed by atoms with van der Waals surface area (Å²) < 4.78 is 25.3. The Morgan fingerprint density at radius 2 is 1.75 bits per heavy atom. The largest absolute Gasteiger partial charge is 0.490 e. The molecule has 3 rings (SSSR count). The van der Waals surface area contributed by atoms with Crippen LogP contribution in [0, 0.1) is 5.82 Å². The summed E-state index contributed by atoms with van der Waals surface area (Å²) in [5, 5.41) is 0. The lowest BCUT2D eigenvalue weighted by Gasteiger charge is -2.09. The summed E-state index contributed by atoms with van der Waals surface area (Å²) in [4.78, 5) is 16.1. The van der Waals surface area contributed by atoms with Gasteiger partial charge in [-0.15, -0.1) is 0 Å². The smallest absolute Gasteiger partial charge is 0.258 e. The molecule has 0 saturated heterocycles. The fraction of sp³-hybridized carbons (Fsp3) is 0.111.